The van der Waals surface area contributed by atoms with Crippen LogP contribution in [0.5, 0.6) is 0 Å². The van der Waals surface area contributed by atoms with Crippen molar-refractivity contribution in [2.24, 2.45) is 0 Å². The van der Waals surface area contributed by atoms with E-state index in [1.807, 2.05) is 0 Å². The average molecular weight is 254 g/mol. The molecule has 2 N–H and O–H groups in total. The van der Waals surface area contributed by atoms with Gasteiger partial charge in [-0.05, 0) is 13.0 Å². The maximum atomic E-state index is 11.5. The van der Waals surface area contributed by atoms with E-state index in [1.165, 1.54) is 6.08 Å². The molecule has 2 rings (SSSR count). The van der Waals surface area contributed by atoms with Crippen molar-refractivity contribution < 1.29 is 22.9 Å². The van der Waals surface area contributed by atoms with Crippen molar-refractivity contribution in [3.05, 3.63) is 47.0 Å². The van der Waals surface area contributed by atoms with Crippen LogP contribution in [0, 0.1) is 0 Å². The van der Waals surface area contributed by atoms with Crippen LogP contribution >= 0.6 is 0 Å². The second-order valence-corrected chi connectivity index (χ2v) is 3.76. The highest BCUT2D eigenvalue weighted by Crippen LogP contribution is 2.20. The average Bonchev–Trinajstić information content (AvgIpc) is 2.25. The van der Waals surface area contributed by atoms with E-state index >= 15 is 0 Å². The quantitative estimate of drug-likeness (QED) is 0.687. The molecule has 0 fully saturated rings. The van der Waals surface area contributed by atoms with Crippen molar-refractivity contribution >= 4 is 22.9 Å². The van der Waals surface area contributed by atoms with Gasteiger partial charge in [-0.3, -0.25) is 18.7 Å². The molecule has 0 bridgehead atoms. The number of benzene rings is 1. The molecule has 0 unspecified atom stereocenters. The van der Waals surface area contributed by atoms with Crippen LogP contribution in [0.1, 0.15) is 27.6 Å². The Balaban J connectivity index is 0.000000317. The molecular weight excluding hydrogens is 244 g/mol. The number of carbonyl (C=O) groups is 2. The van der Waals surface area contributed by atoms with E-state index in [4.69, 9.17) is 13.3 Å². The smallest absolute Gasteiger partial charge is 0.289 e. The first-order chi connectivity index (χ1) is 7.93. The molecule has 0 amide bonds. The summed E-state index contributed by atoms with van der Waals surface area (Å²) in [4.78, 5) is 23.0. The van der Waals surface area contributed by atoms with E-state index in [1.54, 1.807) is 31.2 Å². The molecule has 0 aliphatic heterocycles. The number of hydrogen-bond donors (Lipinski definition) is 2. The second kappa shape index (κ2) is 5.62. The zero-order valence-corrected chi connectivity index (χ0v) is 9.73. The molecule has 0 spiro atoms. The van der Waals surface area contributed by atoms with Gasteiger partial charge in [0.15, 0.2) is 11.6 Å². The minimum absolute atomic E-state index is 0.0461. The fraction of sp³-hybridized carbons (Fsp3) is 0.0909. The third kappa shape index (κ3) is 3.42. The summed E-state index contributed by atoms with van der Waals surface area (Å²) in [5, 5.41) is 0. The largest absolute Gasteiger partial charge is 0.299 e. The van der Waals surface area contributed by atoms with Crippen LogP contribution < -0.4 is 0 Å². The predicted molar refractivity (Wildman–Crippen MR) is 62.3 cm³/mol. The van der Waals surface area contributed by atoms with Gasteiger partial charge in [0.25, 0.3) is 11.4 Å². The van der Waals surface area contributed by atoms with Crippen molar-refractivity contribution in [1.29, 1.82) is 0 Å². The number of fused-ring (bicyclic) bond motifs is 1. The van der Waals surface area contributed by atoms with Crippen molar-refractivity contribution in [1.82, 2.24) is 0 Å². The number of Topliss-reactive ketones (excluding diaryl/α,β-unsaturated/α-hetero) is 1. The molecule has 6 heteroatoms. The number of allylic oxidation sites excluding steroid dienone is 2. The Kier molecular flexibility index (Phi) is 4.45. The first-order valence-corrected chi connectivity index (χ1v) is 5.66. The summed E-state index contributed by atoms with van der Waals surface area (Å²) >= 11 is -2.61. The maximum Gasteiger partial charge on any atom is 0.299 e. The monoisotopic (exact) mass is 254 g/mol. The lowest BCUT2D eigenvalue weighted by Gasteiger charge is -2.11. The highest BCUT2D eigenvalue weighted by Gasteiger charge is 2.21. The lowest BCUT2D eigenvalue weighted by Crippen LogP contribution is -2.14. The van der Waals surface area contributed by atoms with Crippen LogP contribution in [0.2, 0.25) is 0 Å². The van der Waals surface area contributed by atoms with Crippen molar-refractivity contribution in [2.75, 3.05) is 0 Å². The molecule has 5 nitrogen and oxygen atoms in total. The van der Waals surface area contributed by atoms with Gasteiger partial charge in [-0.25, -0.2) is 0 Å². The fourth-order valence-electron chi connectivity index (χ4n) is 1.45. The number of ketones is 2. The van der Waals surface area contributed by atoms with E-state index in [9.17, 15) is 9.59 Å². The molecule has 0 saturated carbocycles. The van der Waals surface area contributed by atoms with Crippen LogP contribution in [0.4, 0.5) is 0 Å². The third-order valence-electron chi connectivity index (χ3n) is 2.14. The van der Waals surface area contributed by atoms with Crippen LogP contribution in [0.3, 0.4) is 0 Å². The minimum atomic E-state index is -2.61. The summed E-state index contributed by atoms with van der Waals surface area (Å²) in [6.07, 6.45) is 1.39. The van der Waals surface area contributed by atoms with Gasteiger partial charge in [0.2, 0.25) is 0 Å². The molecule has 17 heavy (non-hydrogen) atoms. The number of carbonyl (C=O) groups excluding carboxylic acids is 2. The fourth-order valence-corrected chi connectivity index (χ4v) is 1.45. The molecule has 1 aliphatic rings. The summed E-state index contributed by atoms with van der Waals surface area (Å²) in [7, 11) is 0. The molecule has 0 saturated heterocycles. The predicted octanol–water partition coefficient (Wildman–Crippen LogP) is 1.69. The van der Waals surface area contributed by atoms with E-state index in [-0.39, 0.29) is 11.6 Å². The zero-order chi connectivity index (χ0) is 13.0. The molecule has 0 heterocycles. The van der Waals surface area contributed by atoms with Gasteiger partial charge in [-0.15, -0.1) is 0 Å². The van der Waals surface area contributed by atoms with E-state index in [2.05, 4.69) is 0 Å². The van der Waals surface area contributed by atoms with Gasteiger partial charge in [0.05, 0.1) is 0 Å². The first-order valence-electron chi connectivity index (χ1n) is 4.59. The molecule has 1 aromatic carbocycles. The molecule has 1 aromatic rings. The van der Waals surface area contributed by atoms with Crippen LogP contribution in [0.25, 0.3) is 0 Å². The van der Waals surface area contributed by atoms with Gasteiger partial charge < -0.3 is 0 Å². The van der Waals surface area contributed by atoms with E-state index in [0.29, 0.717) is 16.7 Å². The normalized spacial score (nSPS) is 13.8. The van der Waals surface area contributed by atoms with E-state index < -0.39 is 11.4 Å². The van der Waals surface area contributed by atoms with Crippen molar-refractivity contribution in [3.63, 3.8) is 0 Å². The van der Waals surface area contributed by atoms with Gasteiger partial charge in [-0.2, -0.15) is 4.21 Å². The van der Waals surface area contributed by atoms with Crippen LogP contribution in [0.15, 0.2) is 35.9 Å². The summed E-state index contributed by atoms with van der Waals surface area (Å²) in [5.41, 5.74) is 1.55. The maximum absolute atomic E-state index is 11.5. The molecule has 0 aromatic heterocycles. The summed E-state index contributed by atoms with van der Waals surface area (Å²) in [6.45, 7) is 1.66. The minimum Gasteiger partial charge on any atom is -0.289 e. The van der Waals surface area contributed by atoms with Crippen LogP contribution in [-0.4, -0.2) is 24.9 Å². The highest BCUT2D eigenvalue weighted by atomic mass is 32.2. The lowest BCUT2D eigenvalue weighted by molar-refractivity contribution is 0.0984. The Labute approximate surface area is 100 Å². The Morgan fingerprint density at radius 1 is 1.06 bits per heavy atom. The molecule has 90 valence electrons. The second-order valence-electron chi connectivity index (χ2n) is 3.30. The number of rotatable bonds is 0. The van der Waals surface area contributed by atoms with Crippen LogP contribution in [-0.2, 0) is 11.4 Å². The SMILES string of the molecule is CC1=CC(=O)c2ccccc2C1=O.O=S(O)O. The molecule has 1 aliphatic carbocycles. The topological polar surface area (TPSA) is 91.7 Å². The number of hydrogen-bond acceptors (Lipinski definition) is 3. The molecule has 0 atom stereocenters. The van der Waals surface area contributed by atoms with Gasteiger partial charge in [0.1, 0.15) is 0 Å². The Morgan fingerprint density at radius 2 is 1.53 bits per heavy atom. The van der Waals surface area contributed by atoms with Gasteiger partial charge in [0, 0.05) is 16.7 Å². The van der Waals surface area contributed by atoms with Crippen molar-refractivity contribution in [3.8, 4) is 0 Å². The van der Waals surface area contributed by atoms with Gasteiger partial charge >= 0.3 is 0 Å². The standard InChI is InChI=1S/C11H8O2.H2O3S/c1-7-6-10(12)8-4-2-3-5-9(8)11(7)13;1-4(2)3/h2-6H,1H3;(H2,1,2,3). The van der Waals surface area contributed by atoms with Gasteiger partial charge in [-0.1, -0.05) is 24.3 Å². The highest BCUT2D eigenvalue weighted by molar-refractivity contribution is 7.73. The Morgan fingerprint density at radius 3 is 2.06 bits per heavy atom. The first kappa shape index (κ1) is 13.4. The summed E-state index contributed by atoms with van der Waals surface area (Å²) in [6, 6.07) is 6.89. The van der Waals surface area contributed by atoms with Crippen molar-refractivity contribution in [2.45, 2.75) is 6.92 Å². The lowest BCUT2D eigenvalue weighted by atomic mass is 9.90. The summed E-state index contributed by atoms with van der Waals surface area (Å²) in [5.74, 6) is -0.122. The zero-order valence-electron chi connectivity index (χ0n) is 8.91. The van der Waals surface area contributed by atoms with E-state index in [0.717, 1.165) is 0 Å². The summed E-state index contributed by atoms with van der Waals surface area (Å²) < 4.78 is 22.8. The Hall–Kier alpha value is -1.63. The molecular formula is C11H10O5S. The molecule has 0 radical (unpaired) electrons. The third-order valence-corrected chi connectivity index (χ3v) is 2.14. The Bertz CT molecular complexity index is 514.